The van der Waals surface area contributed by atoms with E-state index in [1.54, 1.807) is 4.68 Å². The predicted octanol–water partition coefficient (Wildman–Crippen LogP) is 2.06. The van der Waals surface area contributed by atoms with Gasteiger partial charge >= 0.3 is 0 Å². The Bertz CT molecular complexity index is 1030. The van der Waals surface area contributed by atoms with Gasteiger partial charge in [-0.25, -0.2) is 0 Å². The lowest BCUT2D eigenvalue weighted by atomic mass is 9.82. The monoisotopic (exact) mass is 423 g/mol. The zero-order valence-electron chi connectivity index (χ0n) is 18.7. The van der Waals surface area contributed by atoms with Crippen LogP contribution in [-0.2, 0) is 31.4 Å². The highest BCUT2D eigenvalue weighted by Crippen LogP contribution is 2.35. The second-order valence-corrected chi connectivity index (χ2v) is 9.72. The Kier molecular flexibility index (Phi) is 5.46. The smallest absolute Gasteiger partial charge is 0.255 e. The van der Waals surface area contributed by atoms with E-state index in [9.17, 15) is 9.59 Å². The van der Waals surface area contributed by atoms with Crippen molar-refractivity contribution in [3.63, 3.8) is 0 Å². The largest absolute Gasteiger partial charge is 0.341 e. The van der Waals surface area contributed by atoms with Crippen LogP contribution in [-0.4, -0.2) is 56.2 Å². The van der Waals surface area contributed by atoms with Gasteiger partial charge in [-0.2, -0.15) is 5.10 Å². The highest BCUT2D eigenvalue weighted by Gasteiger charge is 2.36. The van der Waals surface area contributed by atoms with Crippen LogP contribution in [0.2, 0.25) is 0 Å². The van der Waals surface area contributed by atoms with Crippen LogP contribution >= 0.6 is 0 Å². The quantitative estimate of drug-likeness (QED) is 0.755. The summed E-state index contributed by atoms with van der Waals surface area (Å²) in [6.07, 6.45) is 7.19. The number of aryl methyl sites for hydroxylation is 2. The van der Waals surface area contributed by atoms with E-state index >= 15 is 0 Å². The molecule has 2 atom stereocenters. The molecule has 0 N–H and O–H groups in total. The minimum Gasteiger partial charge on any atom is -0.341 e. The van der Waals surface area contributed by atoms with E-state index in [4.69, 9.17) is 0 Å². The number of aromatic nitrogens is 3. The fourth-order valence-corrected chi connectivity index (χ4v) is 5.77. The van der Waals surface area contributed by atoms with Crippen LogP contribution in [0, 0.1) is 12.8 Å². The first-order valence-electron chi connectivity index (χ1n) is 11.7. The summed E-state index contributed by atoms with van der Waals surface area (Å²) >= 11 is 0. The Morgan fingerprint density at radius 3 is 2.65 bits per heavy atom. The average Bonchev–Trinajstić information content (AvgIpc) is 3.07. The molecule has 0 aromatic carbocycles. The zero-order chi connectivity index (χ0) is 21.5. The molecular weight excluding hydrogens is 390 g/mol. The number of rotatable bonds is 4. The maximum Gasteiger partial charge on any atom is 0.255 e. The molecule has 5 rings (SSSR count). The number of fused-ring (bicyclic) bond motifs is 4. The molecule has 3 aliphatic heterocycles. The molecule has 31 heavy (non-hydrogen) atoms. The van der Waals surface area contributed by atoms with E-state index in [0.29, 0.717) is 18.9 Å². The van der Waals surface area contributed by atoms with Gasteiger partial charge < -0.3 is 9.47 Å². The molecule has 7 nitrogen and oxygen atoms in total. The highest BCUT2D eigenvalue weighted by atomic mass is 16.2. The summed E-state index contributed by atoms with van der Waals surface area (Å²) < 4.78 is 3.79. The lowest BCUT2D eigenvalue weighted by Gasteiger charge is -2.43. The van der Waals surface area contributed by atoms with Gasteiger partial charge in [0, 0.05) is 62.2 Å². The Labute approximate surface area is 183 Å². The first-order valence-corrected chi connectivity index (χ1v) is 11.7. The number of hydrogen-bond donors (Lipinski definition) is 0. The molecule has 0 spiro atoms. The van der Waals surface area contributed by atoms with Crippen molar-refractivity contribution in [2.45, 2.75) is 58.0 Å². The summed E-state index contributed by atoms with van der Waals surface area (Å²) in [7, 11) is 1.89. The van der Waals surface area contributed by atoms with E-state index in [2.05, 4.69) is 16.1 Å². The van der Waals surface area contributed by atoms with Crippen LogP contribution < -0.4 is 5.56 Å². The molecule has 2 fully saturated rings. The van der Waals surface area contributed by atoms with Gasteiger partial charge in [-0.05, 0) is 51.3 Å². The van der Waals surface area contributed by atoms with Crippen LogP contribution in [0.25, 0.3) is 0 Å². The molecule has 2 aromatic heterocycles. The number of amides is 1. The lowest BCUT2D eigenvalue weighted by Crippen LogP contribution is -2.50. The van der Waals surface area contributed by atoms with Crippen molar-refractivity contribution in [3.8, 4) is 0 Å². The topological polar surface area (TPSA) is 63.4 Å². The second-order valence-electron chi connectivity index (χ2n) is 9.72. The third kappa shape index (κ3) is 4.07. The van der Waals surface area contributed by atoms with Crippen LogP contribution in [0.3, 0.4) is 0 Å². The van der Waals surface area contributed by atoms with Gasteiger partial charge in [0.05, 0.1) is 12.1 Å². The normalized spacial score (nSPS) is 23.6. The van der Waals surface area contributed by atoms with Crippen molar-refractivity contribution in [1.29, 1.82) is 0 Å². The number of likely N-dealkylation sites (tertiary alicyclic amines) is 2. The number of carbonyl (C=O) groups is 1. The Morgan fingerprint density at radius 2 is 1.90 bits per heavy atom. The van der Waals surface area contributed by atoms with Gasteiger partial charge in [-0.3, -0.25) is 19.2 Å². The van der Waals surface area contributed by atoms with E-state index in [0.717, 1.165) is 61.7 Å². The van der Waals surface area contributed by atoms with Crippen molar-refractivity contribution in [3.05, 3.63) is 51.2 Å². The molecule has 2 aromatic rings. The van der Waals surface area contributed by atoms with Gasteiger partial charge in [0.15, 0.2) is 0 Å². The minimum atomic E-state index is 0.170. The Balaban J connectivity index is 1.32. The summed E-state index contributed by atoms with van der Waals surface area (Å²) in [5, 5.41) is 4.36. The maximum absolute atomic E-state index is 13.3. The number of nitrogens with zero attached hydrogens (tertiary/aromatic N) is 5. The standard InChI is InChI=1S/C24H33N5O2/c1-17-20(14-26(2)25-17)11-23(30)28-12-18-10-21(16-28)22-7-6-19(24(31)29(22)13-18)15-27-8-4-3-5-9-27/h6-7,14,18,21H,3-5,8-13,15-16H2,1-2H3/t18-,21+/m0/s1. The van der Waals surface area contributed by atoms with E-state index in [-0.39, 0.29) is 17.4 Å². The van der Waals surface area contributed by atoms with E-state index < -0.39 is 0 Å². The molecule has 0 radical (unpaired) electrons. The van der Waals surface area contributed by atoms with Gasteiger partial charge in [0.1, 0.15) is 0 Å². The van der Waals surface area contributed by atoms with Crippen LogP contribution in [0.15, 0.2) is 23.1 Å². The van der Waals surface area contributed by atoms with Crippen LogP contribution in [0.1, 0.15) is 54.1 Å². The van der Waals surface area contributed by atoms with Crippen LogP contribution in [0.4, 0.5) is 0 Å². The van der Waals surface area contributed by atoms with Crippen LogP contribution in [0.5, 0.6) is 0 Å². The Morgan fingerprint density at radius 1 is 1.10 bits per heavy atom. The van der Waals surface area contributed by atoms with Crippen molar-refractivity contribution < 1.29 is 4.79 Å². The highest BCUT2D eigenvalue weighted by molar-refractivity contribution is 5.79. The molecule has 3 aliphatic rings. The summed E-state index contributed by atoms with van der Waals surface area (Å²) in [4.78, 5) is 30.7. The van der Waals surface area contributed by atoms with E-state index in [1.807, 2.05) is 35.7 Å². The molecule has 2 bridgehead atoms. The van der Waals surface area contributed by atoms with E-state index in [1.165, 1.54) is 19.3 Å². The van der Waals surface area contributed by atoms with Crippen molar-refractivity contribution in [2.75, 3.05) is 26.2 Å². The molecule has 7 heteroatoms. The van der Waals surface area contributed by atoms with Gasteiger partial charge in [0.25, 0.3) is 5.56 Å². The average molecular weight is 424 g/mol. The number of carbonyl (C=O) groups excluding carboxylic acids is 1. The maximum atomic E-state index is 13.3. The summed E-state index contributed by atoms with van der Waals surface area (Å²) in [5.41, 5.74) is 4.14. The van der Waals surface area contributed by atoms with Gasteiger partial charge in [-0.1, -0.05) is 12.5 Å². The third-order valence-corrected chi connectivity index (χ3v) is 7.34. The second kappa shape index (κ2) is 8.26. The van der Waals surface area contributed by atoms with Crippen molar-refractivity contribution in [2.24, 2.45) is 13.0 Å². The summed E-state index contributed by atoms with van der Waals surface area (Å²) in [6.45, 7) is 7.10. The fourth-order valence-electron chi connectivity index (χ4n) is 5.77. The molecule has 1 amide bonds. The molecule has 2 saturated heterocycles. The zero-order valence-corrected chi connectivity index (χ0v) is 18.7. The minimum absolute atomic E-state index is 0.170. The lowest BCUT2D eigenvalue weighted by molar-refractivity contribution is -0.133. The fraction of sp³-hybridized carbons (Fsp3) is 0.625. The van der Waals surface area contributed by atoms with Crippen molar-refractivity contribution in [1.82, 2.24) is 24.1 Å². The molecule has 0 unspecified atom stereocenters. The SMILES string of the molecule is Cc1nn(C)cc1CC(=O)N1C[C@@H]2C[C@H](C1)c1ccc(CN3CCCCC3)c(=O)n1C2. The number of piperidine rings is 2. The Hall–Kier alpha value is -2.41. The van der Waals surface area contributed by atoms with Gasteiger partial charge in [0.2, 0.25) is 5.91 Å². The molecule has 5 heterocycles. The molecule has 0 saturated carbocycles. The predicted molar refractivity (Wildman–Crippen MR) is 119 cm³/mol. The molecule has 166 valence electrons. The molecule has 0 aliphatic carbocycles. The first kappa shape index (κ1) is 20.5. The summed E-state index contributed by atoms with van der Waals surface area (Å²) in [5.74, 6) is 0.777. The number of pyridine rings is 1. The summed E-state index contributed by atoms with van der Waals surface area (Å²) in [6, 6.07) is 4.20. The molecular formula is C24H33N5O2. The first-order chi connectivity index (χ1) is 15.0. The van der Waals surface area contributed by atoms with Crippen molar-refractivity contribution >= 4 is 5.91 Å². The third-order valence-electron chi connectivity index (χ3n) is 7.34. The number of hydrogen-bond acceptors (Lipinski definition) is 4. The van der Waals surface area contributed by atoms with Gasteiger partial charge in [-0.15, -0.1) is 0 Å².